The Morgan fingerprint density at radius 1 is 1.14 bits per heavy atom. The van der Waals surface area contributed by atoms with Gasteiger partial charge in [0.25, 0.3) is 5.91 Å². The molecular formula is C27H24FN5O4. The van der Waals surface area contributed by atoms with Crippen LogP contribution in [0, 0.1) is 5.82 Å². The summed E-state index contributed by atoms with van der Waals surface area (Å²) in [6, 6.07) is 13.1. The van der Waals surface area contributed by atoms with Gasteiger partial charge in [-0.2, -0.15) is 0 Å². The Morgan fingerprint density at radius 2 is 1.95 bits per heavy atom. The largest absolute Gasteiger partial charge is 0.457 e. The molecule has 0 bridgehead atoms. The van der Waals surface area contributed by atoms with Crippen molar-refractivity contribution in [3.8, 4) is 11.5 Å². The number of hydrogen-bond acceptors (Lipinski definition) is 7. The molecule has 1 amide bonds. The van der Waals surface area contributed by atoms with Crippen LogP contribution in [0.25, 0.3) is 11.0 Å². The van der Waals surface area contributed by atoms with Crippen LogP contribution in [0.5, 0.6) is 11.5 Å². The molecule has 2 aromatic heterocycles. The lowest BCUT2D eigenvalue weighted by atomic mass is 10.0. The van der Waals surface area contributed by atoms with Gasteiger partial charge in [-0.25, -0.2) is 14.4 Å². The highest BCUT2D eigenvalue weighted by atomic mass is 19.1. The summed E-state index contributed by atoms with van der Waals surface area (Å²) in [7, 11) is 0. The molecule has 0 aliphatic carbocycles. The number of hydrogen-bond donors (Lipinski definition) is 2. The van der Waals surface area contributed by atoms with Crippen LogP contribution in [0.2, 0.25) is 0 Å². The number of H-pyrrole nitrogens is 1. The zero-order valence-electron chi connectivity index (χ0n) is 20.0. The first kappa shape index (κ1) is 23.1. The lowest BCUT2D eigenvalue weighted by Gasteiger charge is -2.17. The van der Waals surface area contributed by atoms with E-state index in [1.54, 1.807) is 23.1 Å². The van der Waals surface area contributed by atoms with Crippen molar-refractivity contribution in [2.45, 2.75) is 31.6 Å². The molecule has 9 nitrogen and oxygen atoms in total. The van der Waals surface area contributed by atoms with Crippen molar-refractivity contribution in [2.24, 2.45) is 0 Å². The molecular weight excluding hydrogens is 477 g/mol. The summed E-state index contributed by atoms with van der Waals surface area (Å²) in [5.74, 6) is 0.108. The summed E-state index contributed by atoms with van der Waals surface area (Å²) in [5.41, 5.74) is 0.614. The van der Waals surface area contributed by atoms with E-state index in [-0.39, 0.29) is 41.0 Å². The van der Waals surface area contributed by atoms with Gasteiger partial charge in [-0.1, -0.05) is 18.2 Å². The molecule has 3 atom stereocenters. The molecule has 2 N–H and O–H groups in total. The number of epoxide rings is 1. The van der Waals surface area contributed by atoms with Gasteiger partial charge < -0.3 is 24.7 Å². The van der Waals surface area contributed by atoms with Crippen molar-refractivity contribution in [1.29, 1.82) is 0 Å². The molecule has 3 unspecified atom stereocenters. The Kier molecular flexibility index (Phi) is 5.80. The fourth-order valence-electron chi connectivity index (χ4n) is 4.66. The van der Waals surface area contributed by atoms with Crippen molar-refractivity contribution < 1.29 is 23.5 Å². The van der Waals surface area contributed by atoms with Crippen LogP contribution in [-0.4, -0.2) is 62.9 Å². The molecule has 0 saturated carbocycles. The summed E-state index contributed by atoms with van der Waals surface area (Å²) in [6.45, 7) is 2.99. The highest BCUT2D eigenvalue weighted by molar-refractivity contribution is 6.18. The van der Waals surface area contributed by atoms with E-state index in [2.05, 4.69) is 20.3 Å². The summed E-state index contributed by atoms with van der Waals surface area (Å²) in [6.07, 6.45) is 3.25. The number of aromatic amines is 1. The third-order valence-electron chi connectivity index (χ3n) is 6.67. The maximum absolute atomic E-state index is 15.0. The predicted octanol–water partition coefficient (Wildman–Crippen LogP) is 3.92. The average Bonchev–Trinajstić information content (AvgIpc) is 3.27. The number of benzene rings is 2. The van der Waals surface area contributed by atoms with Crippen molar-refractivity contribution in [3.05, 3.63) is 78.0 Å². The fourth-order valence-corrected chi connectivity index (χ4v) is 4.66. The Balaban J connectivity index is 1.23. The number of carbonyl (C=O) groups is 2. The van der Waals surface area contributed by atoms with Crippen molar-refractivity contribution in [3.63, 3.8) is 0 Å². The van der Waals surface area contributed by atoms with E-state index in [0.29, 0.717) is 35.7 Å². The van der Waals surface area contributed by atoms with Gasteiger partial charge in [-0.3, -0.25) is 9.59 Å². The lowest BCUT2D eigenvalue weighted by Crippen LogP contribution is -2.35. The predicted molar refractivity (Wildman–Crippen MR) is 133 cm³/mol. The first-order valence-corrected chi connectivity index (χ1v) is 12.1. The van der Waals surface area contributed by atoms with Gasteiger partial charge >= 0.3 is 0 Å². The molecule has 37 heavy (non-hydrogen) atoms. The second-order valence-corrected chi connectivity index (χ2v) is 9.21. The topological polar surface area (TPSA) is 113 Å². The third kappa shape index (κ3) is 4.51. The number of para-hydroxylation sites is 1. The fraction of sp³-hybridized carbons (Fsp3) is 0.259. The molecule has 2 fully saturated rings. The number of fused-ring (bicyclic) bond motifs is 1. The molecule has 2 aliphatic heterocycles. The Labute approximate surface area is 211 Å². The van der Waals surface area contributed by atoms with Crippen LogP contribution >= 0.6 is 0 Å². The minimum atomic E-state index is -0.694. The van der Waals surface area contributed by atoms with E-state index in [0.717, 1.165) is 6.42 Å². The number of amides is 1. The van der Waals surface area contributed by atoms with Gasteiger partial charge in [0, 0.05) is 31.4 Å². The number of nitrogens with zero attached hydrogens (tertiary/aromatic N) is 3. The Bertz CT molecular complexity index is 1490. The van der Waals surface area contributed by atoms with E-state index >= 15 is 4.39 Å². The standard InChI is InChI=1S/C27H24FN5O4/c1-15-24(36-15)27(35)33-10-9-16(13-33)32-26-22-20(12-29-25(22)30-14-31-26)23(34)19-8-7-18(11-21(19)28)37-17-5-3-2-4-6-17/h2-8,11-12,14-16,24H,9-10,13H2,1H3,(H2,29,30,31,32). The SMILES string of the molecule is CC1OC1C(=O)N1CCC(Nc2ncnc3[nH]cc(C(=O)c4ccc(Oc5ccccc5)cc4F)c23)C1. The van der Waals surface area contributed by atoms with Crippen LogP contribution in [0.4, 0.5) is 10.2 Å². The molecule has 2 aliphatic rings. The number of halogens is 1. The second kappa shape index (κ2) is 9.29. The van der Waals surface area contributed by atoms with Gasteiger partial charge in [-0.15, -0.1) is 0 Å². The van der Waals surface area contributed by atoms with Crippen molar-refractivity contribution in [1.82, 2.24) is 19.9 Å². The number of ketones is 1. The first-order valence-electron chi connectivity index (χ1n) is 12.1. The average molecular weight is 502 g/mol. The van der Waals surface area contributed by atoms with Gasteiger partial charge in [-0.05, 0) is 37.6 Å². The summed E-state index contributed by atoms with van der Waals surface area (Å²) >= 11 is 0. The van der Waals surface area contributed by atoms with E-state index < -0.39 is 11.6 Å². The molecule has 2 aromatic carbocycles. The number of anilines is 1. The number of likely N-dealkylation sites (tertiary alicyclic amines) is 1. The Morgan fingerprint density at radius 3 is 2.70 bits per heavy atom. The molecule has 10 heteroatoms. The van der Waals surface area contributed by atoms with Gasteiger partial charge in [0.05, 0.1) is 22.6 Å². The quantitative estimate of drug-likeness (QED) is 0.292. The molecule has 6 rings (SSSR count). The number of ether oxygens (including phenoxy) is 2. The first-order chi connectivity index (χ1) is 18.0. The minimum absolute atomic E-state index is 0.00249. The van der Waals surface area contributed by atoms with Gasteiger partial charge in [0.15, 0.2) is 11.9 Å². The lowest BCUT2D eigenvalue weighted by molar-refractivity contribution is -0.131. The normalized spacial score (nSPS) is 20.7. The third-order valence-corrected chi connectivity index (χ3v) is 6.67. The molecule has 4 heterocycles. The van der Waals surface area contributed by atoms with Crippen molar-refractivity contribution in [2.75, 3.05) is 18.4 Å². The molecule has 188 valence electrons. The molecule has 0 radical (unpaired) electrons. The summed E-state index contributed by atoms with van der Waals surface area (Å²) < 4.78 is 26.0. The van der Waals surface area contributed by atoms with E-state index in [1.165, 1.54) is 24.7 Å². The highest BCUT2D eigenvalue weighted by Gasteiger charge is 2.45. The zero-order chi connectivity index (χ0) is 25.5. The molecule has 0 spiro atoms. The number of aromatic nitrogens is 3. The van der Waals surface area contributed by atoms with Gasteiger partial charge in [0.2, 0.25) is 0 Å². The summed E-state index contributed by atoms with van der Waals surface area (Å²) in [5, 5.41) is 3.82. The monoisotopic (exact) mass is 501 g/mol. The van der Waals surface area contributed by atoms with E-state index in [4.69, 9.17) is 9.47 Å². The van der Waals surface area contributed by atoms with Crippen LogP contribution in [0.1, 0.15) is 29.3 Å². The van der Waals surface area contributed by atoms with E-state index in [9.17, 15) is 9.59 Å². The van der Waals surface area contributed by atoms with Crippen LogP contribution < -0.4 is 10.1 Å². The molecule has 2 saturated heterocycles. The maximum Gasteiger partial charge on any atom is 0.254 e. The number of carbonyl (C=O) groups excluding carboxylic acids is 2. The maximum atomic E-state index is 15.0. The molecule has 4 aromatic rings. The van der Waals surface area contributed by atoms with E-state index in [1.807, 2.05) is 25.1 Å². The minimum Gasteiger partial charge on any atom is -0.457 e. The van der Waals surface area contributed by atoms with Crippen LogP contribution in [0.3, 0.4) is 0 Å². The van der Waals surface area contributed by atoms with Crippen molar-refractivity contribution >= 4 is 28.5 Å². The highest BCUT2D eigenvalue weighted by Crippen LogP contribution is 2.30. The smallest absolute Gasteiger partial charge is 0.254 e. The number of nitrogens with one attached hydrogen (secondary N) is 2. The number of rotatable bonds is 7. The zero-order valence-corrected chi connectivity index (χ0v) is 20.0. The van der Waals surface area contributed by atoms with Gasteiger partial charge in [0.1, 0.15) is 35.1 Å². The second-order valence-electron chi connectivity index (χ2n) is 9.21. The van der Waals surface area contributed by atoms with Crippen LogP contribution in [0.15, 0.2) is 61.1 Å². The summed E-state index contributed by atoms with van der Waals surface area (Å²) in [4.78, 5) is 39.2. The van der Waals surface area contributed by atoms with Crippen LogP contribution in [-0.2, 0) is 9.53 Å². The Hall–Kier alpha value is -4.31.